The first-order valence-electron chi connectivity index (χ1n) is 13.9. The second-order valence-corrected chi connectivity index (χ2v) is 13.3. The Balaban J connectivity index is 1.33. The molecule has 2 aromatic rings. The van der Waals surface area contributed by atoms with Crippen LogP contribution in [-0.2, 0) is 14.2 Å². The number of fused-ring (bicyclic) bond motifs is 5. The fourth-order valence-corrected chi connectivity index (χ4v) is 6.91. The summed E-state index contributed by atoms with van der Waals surface area (Å²) in [6.45, 7) is 12.8. The Kier molecular flexibility index (Phi) is 5.89. The molecule has 5 heterocycles. The average Bonchev–Trinajstić information content (AvgIpc) is 3.52. The van der Waals surface area contributed by atoms with Gasteiger partial charge in [-0.15, -0.1) is 6.42 Å². The Morgan fingerprint density at radius 1 is 1.10 bits per heavy atom. The zero-order valence-electron chi connectivity index (χ0n) is 23.7. The van der Waals surface area contributed by atoms with Gasteiger partial charge >= 0.3 is 0 Å². The predicted octanol–water partition coefficient (Wildman–Crippen LogP) is 5.58. The molecule has 8 nitrogen and oxygen atoms in total. The van der Waals surface area contributed by atoms with Gasteiger partial charge in [0, 0.05) is 11.6 Å². The minimum absolute atomic E-state index is 0.120. The van der Waals surface area contributed by atoms with E-state index in [-0.39, 0.29) is 35.3 Å². The number of aromatic amines is 1. The number of carbonyl (C=O) groups excluding carboxylic acids is 1. The molecule has 1 aliphatic carbocycles. The number of hydrogen-bond acceptors (Lipinski definition) is 6. The van der Waals surface area contributed by atoms with E-state index in [2.05, 4.69) is 55.0 Å². The van der Waals surface area contributed by atoms with Crippen molar-refractivity contribution in [2.45, 2.75) is 109 Å². The summed E-state index contributed by atoms with van der Waals surface area (Å²) in [4.78, 5) is 25.3. The van der Waals surface area contributed by atoms with Gasteiger partial charge < -0.3 is 24.5 Å². The summed E-state index contributed by atoms with van der Waals surface area (Å²) in [7, 11) is 0. The Hall–Kier alpha value is -2.99. The molecule has 5 atom stereocenters. The second-order valence-electron chi connectivity index (χ2n) is 13.3. The van der Waals surface area contributed by atoms with Gasteiger partial charge in [0.05, 0.1) is 28.8 Å². The van der Waals surface area contributed by atoms with Gasteiger partial charge in [-0.3, -0.25) is 9.78 Å². The fourth-order valence-electron chi connectivity index (χ4n) is 6.91. The number of terminal acetylenes is 1. The first-order valence-corrected chi connectivity index (χ1v) is 13.9. The third-order valence-corrected chi connectivity index (χ3v) is 8.88. The number of amides is 1. The van der Waals surface area contributed by atoms with Crippen molar-refractivity contribution >= 4 is 17.2 Å². The van der Waals surface area contributed by atoms with E-state index in [0.717, 1.165) is 49.1 Å². The first-order chi connectivity index (χ1) is 18.3. The summed E-state index contributed by atoms with van der Waals surface area (Å²) in [6, 6.07) is 4.01. The molecular weight excluding hydrogens is 492 g/mol. The van der Waals surface area contributed by atoms with Crippen LogP contribution < -0.4 is 5.32 Å². The smallest absolute Gasteiger partial charge is 0.291 e. The van der Waals surface area contributed by atoms with Crippen molar-refractivity contribution in [2.24, 2.45) is 5.41 Å². The van der Waals surface area contributed by atoms with Crippen molar-refractivity contribution < 1.29 is 19.0 Å². The molecule has 1 unspecified atom stereocenters. The lowest BCUT2D eigenvalue weighted by molar-refractivity contribution is -0.242. The zero-order chi connectivity index (χ0) is 27.8. The van der Waals surface area contributed by atoms with Crippen LogP contribution in [0.15, 0.2) is 24.4 Å². The van der Waals surface area contributed by atoms with Crippen LogP contribution in [0.2, 0.25) is 0 Å². The van der Waals surface area contributed by atoms with Crippen LogP contribution in [0.5, 0.6) is 0 Å². The summed E-state index contributed by atoms with van der Waals surface area (Å²) in [5.74, 6) is 1.85. The molecule has 0 saturated carbocycles. The zero-order valence-corrected chi connectivity index (χ0v) is 23.7. The summed E-state index contributed by atoms with van der Waals surface area (Å²) >= 11 is 0. The highest BCUT2D eigenvalue weighted by molar-refractivity contribution is 6.03. The first kappa shape index (κ1) is 26.2. The van der Waals surface area contributed by atoms with Crippen LogP contribution in [0, 0.1) is 17.8 Å². The standard InChI is InChI=1S/C31H38N4O4/c1-8-20-17-32-26(33-20)27(36)35-22-10-9-21(34-23(22)18-11-13-28(2,3)14-12-18)19-15-30(6)24-25(31(7,16-19)39-30)38-29(4,5)37-24/h1,9-11,17,19,24-25H,12-16H2,2-7H3,(H,32,33)(H,35,36)/t19?,24-,25+,30+,31-. The van der Waals surface area contributed by atoms with Crippen LogP contribution >= 0.6 is 0 Å². The van der Waals surface area contributed by atoms with Gasteiger partial charge in [0.1, 0.15) is 17.9 Å². The van der Waals surface area contributed by atoms with Crippen molar-refractivity contribution in [3.63, 3.8) is 0 Å². The van der Waals surface area contributed by atoms with E-state index in [0.29, 0.717) is 11.4 Å². The monoisotopic (exact) mass is 530 g/mol. The lowest BCUT2D eigenvalue weighted by Crippen LogP contribution is -2.46. The summed E-state index contributed by atoms with van der Waals surface area (Å²) < 4.78 is 19.3. The molecule has 0 aromatic carbocycles. The van der Waals surface area contributed by atoms with E-state index in [1.165, 1.54) is 6.20 Å². The van der Waals surface area contributed by atoms with E-state index in [4.69, 9.17) is 25.6 Å². The van der Waals surface area contributed by atoms with Gasteiger partial charge in [0.15, 0.2) is 11.6 Å². The molecule has 206 valence electrons. The lowest BCUT2D eigenvalue weighted by Gasteiger charge is -2.43. The minimum atomic E-state index is -0.615. The van der Waals surface area contributed by atoms with Crippen molar-refractivity contribution in [3.05, 3.63) is 47.3 Å². The highest BCUT2D eigenvalue weighted by Gasteiger charge is 2.68. The Morgan fingerprint density at radius 2 is 1.79 bits per heavy atom. The number of hydrogen-bond donors (Lipinski definition) is 2. The molecule has 2 N–H and O–H groups in total. The van der Waals surface area contributed by atoms with Gasteiger partial charge in [-0.2, -0.15) is 0 Å². The molecule has 0 spiro atoms. The van der Waals surface area contributed by atoms with Gasteiger partial charge in [0.25, 0.3) is 5.91 Å². The third kappa shape index (κ3) is 4.61. The number of allylic oxidation sites excluding steroid dienone is 2. The lowest BCUT2D eigenvalue weighted by atomic mass is 9.77. The third-order valence-electron chi connectivity index (χ3n) is 8.88. The maximum Gasteiger partial charge on any atom is 0.291 e. The molecule has 1 amide bonds. The number of aromatic nitrogens is 3. The Morgan fingerprint density at radius 3 is 2.38 bits per heavy atom. The second kappa shape index (κ2) is 8.76. The van der Waals surface area contributed by atoms with Crippen molar-refractivity contribution in [1.29, 1.82) is 0 Å². The number of anilines is 1. The maximum atomic E-state index is 13.0. The Bertz CT molecular complexity index is 1370. The number of nitrogens with one attached hydrogen (secondary N) is 2. The normalized spacial score (nSPS) is 34.2. The molecule has 8 heteroatoms. The average molecular weight is 531 g/mol. The molecule has 3 aliphatic heterocycles. The van der Waals surface area contributed by atoms with Crippen molar-refractivity contribution in [2.75, 3.05) is 5.32 Å². The molecule has 2 aromatic heterocycles. The SMILES string of the molecule is C#Cc1cnc(C(=O)Nc2ccc(C3C[C@@]4(C)O[C@@](C)(C3)[C@@H]3OC(C)(C)O[C@@H]34)nc2C2=CCC(C)(C)CC2)[nH]1. The van der Waals surface area contributed by atoms with E-state index in [9.17, 15) is 4.79 Å². The molecule has 3 saturated heterocycles. The predicted molar refractivity (Wildman–Crippen MR) is 148 cm³/mol. The van der Waals surface area contributed by atoms with E-state index >= 15 is 0 Å². The molecule has 0 radical (unpaired) electrons. The number of carbonyl (C=O) groups is 1. The number of ether oxygens (including phenoxy) is 3. The maximum absolute atomic E-state index is 13.0. The number of H-pyrrole nitrogens is 1. The highest BCUT2D eigenvalue weighted by Crippen LogP contribution is 2.58. The van der Waals surface area contributed by atoms with Crippen LogP contribution in [0.25, 0.3) is 5.57 Å². The topological polar surface area (TPSA) is 98.4 Å². The molecule has 2 bridgehead atoms. The van der Waals surface area contributed by atoms with Crippen LogP contribution in [0.3, 0.4) is 0 Å². The van der Waals surface area contributed by atoms with Gasteiger partial charge in [-0.1, -0.05) is 25.8 Å². The number of rotatable bonds is 4. The highest BCUT2D eigenvalue weighted by atomic mass is 16.8. The molecule has 39 heavy (non-hydrogen) atoms. The van der Waals surface area contributed by atoms with Crippen molar-refractivity contribution in [3.8, 4) is 12.3 Å². The van der Waals surface area contributed by atoms with E-state index < -0.39 is 17.0 Å². The fraction of sp³-hybridized carbons (Fsp3) is 0.581. The molecule has 6 rings (SSSR count). The number of nitrogens with zero attached hydrogens (tertiary/aromatic N) is 2. The summed E-state index contributed by atoms with van der Waals surface area (Å²) in [5.41, 5.74) is 3.44. The van der Waals surface area contributed by atoms with Gasteiger partial charge in [-0.05, 0) is 82.9 Å². The summed E-state index contributed by atoms with van der Waals surface area (Å²) in [6.07, 6.45) is 13.5. The molecule has 4 aliphatic rings. The quantitative estimate of drug-likeness (QED) is 0.501. The van der Waals surface area contributed by atoms with E-state index in [1.54, 1.807) is 0 Å². The van der Waals surface area contributed by atoms with Crippen LogP contribution in [0.4, 0.5) is 5.69 Å². The van der Waals surface area contributed by atoms with Gasteiger partial charge in [-0.25, -0.2) is 4.98 Å². The molecular formula is C31H38N4O4. The largest absolute Gasteiger partial charge is 0.363 e. The number of imidazole rings is 1. The van der Waals surface area contributed by atoms with Crippen LogP contribution in [-0.4, -0.2) is 50.1 Å². The van der Waals surface area contributed by atoms with E-state index in [1.807, 2.05) is 26.0 Å². The van der Waals surface area contributed by atoms with Gasteiger partial charge in [0.2, 0.25) is 0 Å². The minimum Gasteiger partial charge on any atom is -0.363 e. The van der Waals surface area contributed by atoms with Crippen molar-refractivity contribution in [1.82, 2.24) is 15.0 Å². The van der Waals surface area contributed by atoms with Crippen LogP contribution in [0.1, 0.15) is 107 Å². The summed E-state index contributed by atoms with van der Waals surface area (Å²) in [5, 5.41) is 3.03. The number of pyridine rings is 1. The Labute approximate surface area is 230 Å². The molecule has 3 fully saturated rings.